The van der Waals surface area contributed by atoms with Crippen molar-refractivity contribution in [1.82, 2.24) is 9.21 Å². The Labute approximate surface area is 158 Å². The molecule has 25 heavy (non-hydrogen) atoms. The smallest absolute Gasteiger partial charge is 0.410 e. The molecule has 0 bridgehead atoms. The predicted molar refractivity (Wildman–Crippen MR) is 99.9 cm³/mol. The van der Waals surface area contributed by atoms with Crippen LogP contribution in [0.3, 0.4) is 0 Å². The summed E-state index contributed by atoms with van der Waals surface area (Å²) in [5.41, 5.74) is -0.573. The minimum absolute atomic E-state index is 0.229. The monoisotopic (exact) mass is 432 g/mol. The maximum atomic E-state index is 12.9. The summed E-state index contributed by atoms with van der Waals surface area (Å²) in [6, 6.07) is 6.46. The van der Waals surface area contributed by atoms with Crippen LogP contribution in [0.2, 0.25) is 0 Å². The molecule has 1 heterocycles. The second-order valence-electron chi connectivity index (χ2n) is 7.17. The lowest BCUT2D eigenvalue weighted by atomic mass is 10.1. The van der Waals surface area contributed by atoms with Crippen molar-refractivity contribution in [1.29, 1.82) is 0 Å². The Bertz CT molecular complexity index is 730. The van der Waals surface area contributed by atoms with Gasteiger partial charge >= 0.3 is 6.09 Å². The van der Waals surface area contributed by atoms with Gasteiger partial charge < -0.3 is 9.64 Å². The molecule has 6 nitrogen and oxygen atoms in total. The van der Waals surface area contributed by atoms with Crippen LogP contribution < -0.4 is 0 Å². The Kier molecular flexibility index (Phi) is 6.17. The second kappa shape index (κ2) is 7.63. The Hall–Kier alpha value is -1.12. The highest BCUT2D eigenvalue weighted by Crippen LogP contribution is 2.27. The number of ether oxygens (including phenoxy) is 1. The van der Waals surface area contributed by atoms with E-state index in [0.29, 0.717) is 24.0 Å². The summed E-state index contributed by atoms with van der Waals surface area (Å²) in [7, 11) is -2.08. The molecule has 8 heteroatoms. The van der Waals surface area contributed by atoms with E-state index in [-0.39, 0.29) is 10.9 Å². The predicted octanol–water partition coefficient (Wildman–Crippen LogP) is 3.47. The van der Waals surface area contributed by atoms with Crippen LogP contribution in [-0.4, -0.2) is 55.5 Å². The van der Waals surface area contributed by atoms with Gasteiger partial charge in [-0.15, -0.1) is 0 Å². The molecule has 0 aromatic heterocycles. The summed E-state index contributed by atoms with van der Waals surface area (Å²) < 4.78 is 33.1. The Morgan fingerprint density at radius 3 is 2.56 bits per heavy atom. The van der Waals surface area contributed by atoms with Crippen LogP contribution in [0.5, 0.6) is 0 Å². The fourth-order valence-corrected chi connectivity index (χ4v) is 5.09. The zero-order chi connectivity index (χ0) is 18.8. The van der Waals surface area contributed by atoms with Gasteiger partial charge in [-0.1, -0.05) is 12.1 Å². The number of carbonyl (C=O) groups is 1. The van der Waals surface area contributed by atoms with Crippen molar-refractivity contribution in [2.24, 2.45) is 0 Å². The Balaban J connectivity index is 2.15. The second-order valence-corrected chi connectivity index (χ2v) is 9.99. The molecule has 0 N–H and O–H groups in total. The minimum Gasteiger partial charge on any atom is -0.444 e. The van der Waals surface area contributed by atoms with E-state index in [2.05, 4.69) is 15.9 Å². The molecule has 0 radical (unpaired) electrons. The Morgan fingerprint density at radius 2 is 1.96 bits per heavy atom. The molecule has 1 aliphatic heterocycles. The van der Waals surface area contributed by atoms with Gasteiger partial charge in [-0.05, 0) is 61.7 Å². The molecule has 1 unspecified atom stereocenters. The van der Waals surface area contributed by atoms with Gasteiger partial charge in [0.15, 0.2) is 0 Å². The quantitative estimate of drug-likeness (QED) is 0.732. The standard InChI is InChI=1S/C17H25BrN2O4S/c1-17(2,3)24-16(21)20-11-7-8-13(12-20)19(4)25(22,23)15-10-6-5-9-14(15)18/h5-6,9-10,13H,7-8,11-12H2,1-4H3. The van der Waals surface area contributed by atoms with Gasteiger partial charge in [0, 0.05) is 30.7 Å². The average molecular weight is 433 g/mol. The lowest BCUT2D eigenvalue weighted by Crippen LogP contribution is -2.51. The maximum Gasteiger partial charge on any atom is 0.410 e. The molecular weight excluding hydrogens is 408 g/mol. The van der Waals surface area contributed by atoms with Gasteiger partial charge in [0.05, 0.1) is 4.90 Å². The van der Waals surface area contributed by atoms with Gasteiger partial charge in [0.25, 0.3) is 0 Å². The highest BCUT2D eigenvalue weighted by atomic mass is 79.9. The van der Waals surface area contributed by atoms with Crippen molar-refractivity contribution in [2.45, 2.75) is 50.2 Å². The highest BCUT2D eigenvalue weighted by Gasteiger charge is 2.35. The third-order valence-electron chi connectivity index (χ3n) is 4.06. The lowest BCUT2D eigenvalue weighted by Gasteiger charge is -2.37. The first-order valence-corrected chi connectivity index (χ1v) is 10.5. The van der Waals surface area contributed by atoms with Gasteiger partial charge in [-0.25, -0.2) is 13.2 Å². The third-order valence-corrected chi connectivity index (χ3v) is 6.98. The molecule has 1 fully saturated rings. The number of likely N-dealkylation sites (tertiary alicyclic amines) is 1. The van der Waals surface area contributed by atoms with Crippen LogP contribution >= 0.6 is 15.9 Å². The molecule has 2 rings (SSSR count). The number of piperidine rings is 1. The summed E-state index contributed by atoms with van der Waals surface area (Å²) >= 11 is 3.30. The molecule has 0 spiro atoms. The topological polar surface area (TPSA) is 66.9 Å². The van der Waals surface area contributed by atoms with Crippen LogP contribution in [0.25, 0.3) is 0 Å². The van der Waals surface area contributed by atoms with Crippen molar-refractivity contribution in [3.05, 3.63) is 28.7 Å². The van der Waals surface area contributed by atoms with Crippen molar-refractivity contribution in [3.63, 3.8) is 0 Å². The highest BCUT2D eigenvalue weighted by molar-refractivity contribution is 9.10. The average Bonchev–Trinajstić information content (AvgIpc) is 2.53. The van der Waals surface area contributed by atoms with E-state index in [4.69, 9.17) is 4.74 Å². The van der Waals surface area contributed by atoms with Crippen LogP contribution in [0.1, 0.15) is 33.6 Å². The van der Waals surface area contributed by atoms with Crippen LogP contribution in [-0.2, 0) is 14.8 Å². The number of halogens is 1. The van der Waals surface area contributed by atoms with Crippen molar-refractivity contribution >= 4 is 32.0 Å². The van der Waals surface area contributed by atoms with Gasteiger partial charge in [0.2, 0.25) is 10.0 Å². The summed E-state index contributed by atoms with van der Waals surface area (Å²) in [6.07, 6.45) is 1.04. The number of benzene rings is 1. The lowest BCUT2D eigenvalue weighted by molar-refractivity contribution is 0.0163. The molecule has 1 aromatic rings. The fourth-order valence-electron chi connectivity index (χ4n) is 2.75. The van der Waals surface area contributed by atoms with E-state index in [0.717, 1.165) is 6.42 Å². The van der Waals surface area contributed by atoms with Crippen LogP contribution in [0.15, 0.2) is 33.6 Å². The largest absolute Gasteiger partial charge is 0.444 e. The van der Waals surface area contributed by atoms with E-state index in [9.17, 15) is 13.2 Å². The molecule has 1 aliphatic rings. The Morgan fingerprint density at radius 1 is 1.32 bits per heavy atom. The van der Waals surface area contributed by atoms with E-state index in [1.807, 2.05) is 20.8 Å². The van der Waals surface area contributed by atoms with Crippen LogP contribution in [0, 0.1) is 0 Å². The van der Waals surface area contributed by atoms with Crippen molar-refractivity contribution < 1.29 is 17.9 Å². The molecule has 1 aromatic carbocycles. The SMILES string of the molecule is CN(C1CCCN(C(=O)OC(C)(C)C)C1)S(=O)(=O)c1ccccc1Br. The molecule has 1 saturated heterocycles. The molecular formula is C17H25BrN2O4S. The molecule has 0 aliphatic carbocycles. The van der Waals surface area contributed by atoms with Gasteiger partial charge in [0.1, 0.15) is 5.60 Å². The van der Waals surface area contributed by atoms with Crippen molar-refractivity contribution in [2.75, 3.05) is 20.1 Å². The summed E-state index contributed by atoms with van der Waals surface area (Å²) in [5.74, 6) is 0. The van der Waals surface area contributed by atoms with Gasteiger partial charge in [-0.2, -0.15) is 4.31 Å². The first-order chi connectivity index (χ1) is 11.5. The van der Waals surface area contributed by atoms with E-state index < -0.39 is 21.7 Å². The summed E-state index contributed by atoms with van der Waals surface area (Å²) in [4.78, 5) is 14.1. The number of nitrogens with zero attached hydrogens (tertiary/aromatic N) is 2. The number of rotatable bonds is 3. The first-order valence-electron chi connectivity index (χ1n) is 8.23. The maximum absolute atomic E-state index is 12.9. The van der Waals surface area contributed by atoms with E-state index in [1.165, 1.54) is 4.31 Å². The van der Waals surface area contributed by atoms with Crippen molar-refractivity contribution in [3.8, 4) is 0 Å². The van der Waals surface area contributed by atoms with Gasteiger partial charge in [-0.3, -0.25) is 0 Å². The number of hydrogen-bond donors (Lipinski definition) is 0. The van der Waals surface area contributed by atoms with Crippen LogP contribution in [0.4, 0.5) is 4.79 Å². The molecule has 1 amide bonds. The number of likely N-dealkylation sites (N-methyl/N-ethyl adjacent to an activating group) is 1. The molecule has 140 valence electrons. The van der Waals surface area contributed by atoms with E-state index in [1.54, 1.807) is 36.2 Å². The summed E-state index contributed by atoms with van der Waals surface area (Å²) in [5, 5.41) is 0. The molecule has 1 atom stereocenters. The van der Waals surface area contributed by atoms with E-state index >= 15 is 0 Å². The minimum atomic E-state index is -3.65. The normalized spacial score (nSPS) is 19.1. The number of hydrogen-bond acceptors (Lipinski definition) is 4. The number of amides is 1. The number of sulfonamides is 1. The zero-order valence-corrected chi connectivity index (χ0v) is 17.4. The third kappa shape index (κ3) is 4.95. The zero-order valence-electron chi connectivity index (χ0n) is 15.0. The fraction of sp³-hybridized carbons (Fsp3) is 0.588. The first kappa shape index (κ1) is 20.2. The molecule has 0 saturated carbocycles. The summed E-state index contributed by atoms with van der Waals surface area (Å²) in [6.45, 7) is 6.35. The number of carbonyl (C=O) groups excluding carboxylic acids is 1.